The number of hydrogen-bond donors (Lipinski definition) is 1. The van der Waals surface area contributed by atoms with Crippen molar-refractivity contribution in [2.75, 3.05) is 24.5 Å². The first-order chi connectivity index (χ1) is 6.95. The van der Waals surface area contributed by atoms with Crippen molar-refractivity contribution in [3.05, 3.63) is 29.8 Å². The van der Waals surface area contributed by atoms with Gasteiger partial charge in [0.2, 0.25) is 0 Å². The molecular formula is C12H17ClN2. The van der Waals surface area contributed by atoms with Gasteiger partial charge in [0, 0.05) is 24.8 Å². The molecule has 15 heavy (non-hydrogen) atoms. The molecule has 3 heteroatoms. The summed E-state index contributed by atoms with van der Waals surface area (Å²) in [6, 6.07) is 9.54. The second-order valence-electron chi connectivity index (χ2n) is 4.24. The number of anilines is 1. The van der Waals surface area contributed by atoms with Gasteiger partial charge in [-0.25, -0.2) is 0 Å². The van der Waals surface area contributed by atoms with Crippen LogP contribution in [-0.4, -0.2) is 25.7 Å². The highest BCUT2D eigenvalue weighted by molar-refractivity contribution is 5.85. The van der Waals surface area contributed by atoms with Crippen LogP contribution in [0, 0.1) is 0 Å². The third-order valence-corrected chi connectivity index (χ3v) is 3.33. The van der Waals surface area contributed by atoms with Crippen LogP contribution in [0.15, 0.2) is 24.3 Å². The minimum absolute atomic E-state index is 0. The summed E-state index contributed by atoms with van der Waals surface area (Å²) in [6.45, 7) is 3.54. The standard InChI is InChI=1S/C12H16N2.ClH/c1-2-5-12-10(4-1)8-11-9-13-6-3-7-14(11)12;/h1-2,4-5,11,13H,3,6-9H2;1H. The lowest BCUT2D eigenvalue weighted by molar-refractivity contribution is 0.613. The molecule has 1 fully saturated rings. The fourth-order valence-corrected chi connectivity index (χ4v) is 2.65. The Bertz CT molecular complexity index is 340. The largest absolute Gasteiger partial charge is 0.367 e. The van der Waals surface area contributed by atoms with Crippen LogP contribution < -0.4 is 10.2 Å². The molecule has 1 atom stereocenters. The van der Waals surface area contributed by atoms with Crippen molar-refractivity contribution in [1.82, 2.24) is 5.32 Å². The van der Waals surface area contributed by atoms with Gasteiger partial charge in [-0.15, -0.1) is 12.4 Å². The molecule has 1 aromatic carbocycles. The summed E-state index contributed by atoms with van der Waals surface area (Å²) in [6.07, 6.45) is 2.49. The summed E-state index contributed by atoms with van der Waals surface area (Å²) >= 11 is 0. The van der Waals surface area contributed by atoms with Crippen LogP contribution in [-0.2, 0) is 6.42 Å². The van der Waals surface area contributed by atoms with Gasteiger partial charge in [0.05, 0.1) is 0 Å². The maximum Gasteiger partial charge on any atom is 0.0455 e. The topological polar surface area (TPSA) is 15.3 Å². The molecule has 3 rings (SSSR count). The molecule has 82 valence electrons. The molecule has 1 aromatic rings. The van der Waals surface area contributed by atoms with Gasteiger partial charge in [-0.05, 0) is 31.0 Å². The van der Waals surface area contributed by atoms with Gasteiger partial charge >= 0.3 is 0 Å². The SMILES string of the molecule is Cl.c1ccc2c(c1)CC1CNCCCN21. The zero-order chi connectivity index (χ0) is 9.38. The summed E-state index contributed by atoms with van der Waals surface area (Å²) in [5, 5.41) is 3.51. The Labute approximate surface area is 97.1 Å². The molecule has 2 aliphatic rings. The van der Waals surface area contributed by atoms with E-state index in [4.69, 9.17) is 0 Å². The van der Waals surface area contributed by atoms with E-state index in [1.165, 1.54) is 37.2 Å². The van der Waals surface area contributed by atoms with E-state index in [9.17, 15) is 0 Å². The van der Waals surface area contributed by atoms with E-state index in [1.807, 2.05) is 0 Å². The highest BCUT2D eigenvalue weighted by Crippen LogP contribution is 2.32. The van der Waals surface area contributed by atoms with Crippen molar-refractivity contribution in [2.24, 2.45) is 0 Å². The van der Waals surface area contributed by atoms with E-state index in [0.29, 0.717) is 6.04 Å². The number of nitrogens with zero attached hydrogens (tertiary/aromatic N) is 1. The van der Waals surface area contributed by atoms with Crippen LogP contribution in [0.1, 0.15) is 12.0 Å². The smallest absolute Gasteiger partial charge is 0.0455 e. The number of nitrogens with one attached hydrogen (secondary N) is 1. The van der Waals surface area contributed by atoms with Gasteiger partial charge in [-0.1, -0.05) is 18.2 Å². The lowest BCUT2D eigenvalue weighted by Gasteiger charge is -2.24. The molecule has 1 saturated heterocycles. The van der Waals surface area contributed by atoms with Crippen molar-refractivity contribution in [1.29, 1.82) is 0 Å². The first-order valence-corrected chi connectivity index (χ1v) is 5.50. The van der Waals surface area contributed by atoms with Gasteiger partial charge in [0.25, 0.3) is 0 Å². The minimum atomic E-state index is 0. The number of benzene rings is 1. The summed E-state index contributed by atoms with van der Waals surface area (Å²) < 4.78 is 0. The average molecular weight is 225 g/mol. The molecule has 2 aliphatic heterocycles. The molecule has 0 aromatic heterocycles. The lowest BCUT2D eigenvalue weighted by Crippen LogP contribution is -2.36. The monoisotopic (exact) mass is 224 g/mol. The van der Waals surface area contributed by atoms with Crippen LogP contribution in [0.25, 0.3) is 0 Å². The Kier molecular flexibility index (Phi) is 3.17. The number of hydrogen-bond acceptors (Lipinski definition) is 2. The molecular weight excluding hydrogens is 208 g/mol. The number of para-hydroxylation sites is 1. The zero-order valence-electron chi connectivity index (χ0n) is 8.78. The molecule has 0 saturated carbocycles. The zero-order valence-corrected chi connectivity index (χ0v) is 9.59. The van der Waals surface area contributed by atoms with E-state index < -0.39 is 0 Å². The van der Waals surface area contributed by atoms with Crippen molar-refractivity contribution >= 4 is 18.1 Å². The first kappa shape index (κ1) is 10.8. The van der Waals surface area contributed by atoms with Crippen molar-refractivity contribution < 1.29 is 0 Å². The third-order valence-electron chi connectivity index (χ3n) is 3.33. The molecule has 2 heterocycles. The quantitative estimate of drug-likeness (QED) is 0.724. The molecule has 0 radical (unpaired) electrons. The third kappa shape index (κ3) is 1.84. The van der Waals surface area contributed by atoms with Crippen LogP contribution in [0.2, 0.25) is 0 Å². The van der Waals surface area contributed by atoms with Crippen LogP contribution in [0.4, 0.5) is 5.69 Å². The lowest BCUT2D eigenvalue weighted by atomic mass is 10.1. The van der Waals surface area contributed by atoms with Gasteiger partial charge < -0.3 is 10.2 Å². The number of fused-ring (bicyclic) bond motifs is 3. The predicted molar refractivity (Wildman–Crippen MR) is 66.0 cm³/mol. The first-order valence-electron chi connectivity index (χ1n) is 5.50. The van der Waals surface area contributed by atoms with Gasteiger partial charge in [-0.3, -0.25) is 0 Å². The summed E-state index contributed by atoms with van der Waals surface area (Å²) in [7, 11) is 0. The average Bonchev–Trinajstić information content (AvgIpc) is 2.42. The highest BCUT2D eigenvalue weighted by atomic mass is 35.5. The van der Waals surface area contributed by atoms with E-state index in [-0.39, 0.29) is 12.4 Å². The molecule has 0 bridgehead atoms. The van der Waals surface area contributed by atoms with Crippen molar-refractivity contribution in [2.45, 2.75) is 18.9 Å². The number of halogens is 1. The predicted octanol–water partition coefficient (Wildman–Crippen LogP) is 1.83. The van der Waals surface area contributed by atoms with E-state index >= 15 is 0 Å². The molecule has 0 amide bonds. The summed E-state index contributed by atoms with van der Waals surface area (Å²) in [5.74, 6) is 0. The van der Waals surface area contributed by atoms with E-state index in [1.54, 1.807) is 0 Å². The normalized spacial score (nSPS) is 23.7. The second-order valence-corrected chi connectivity index (χ2v) is 4.24. The Morgan fingerprint density at radius 2 is 2.13 bits per heavy atom. The molecule has 0 spiro atoms. The van der Waals surface area contributed by atoms with Gasteiger partial charge in [0.15, 0.2) is 0 Å². The van der Waals surface area contributed by atoms with Crippen LogP contribution in [0.5, 0.6) is 0 Å². The van der Waals surface area contributed by atoms with Crippen molar-refractivity contribution in [3.8, 4) is 0 Å². The molecule has 1 N–H and O–H groups in total. The Morgan fingerprint density at radius 3 is 3.07 bits per heavy atom. The van der Waals surface area contributed by atoms with E-state index in [0.717, 1.165) is 6.54 Å². The van der Waals surface area contributed by atoms with Crippen LogP contribution in [0.3, 0.4) is 0 Å². The van der Waals surface area contributed by atoms with Gasteiger partial charge in [-0.2, -0.15) is 0 Å². The maximum absolute atomic E-state index is 3.51. The Hall–Kier alpha value is -0.730. The minimum Gasteiger partial charge on any atom is -0.367 e. The van der Waals surface area contributed by atoms with Gasteiger partial charge in [0.1, 0.15) is 0 Å². The number of rotatable bonds is 0. The summed E-state index contributed by atoms with van der Waals surface area (Å²) in [4.78, 5) is 2.58. The van der Waals surface area contributed by atoms with Crippen LogP contribution >= 0.6 is 12.4 Å². The fourth-order valence-electron chi connectivity index (χ4n) is 2.65. The highest BCUT2D eigenvalue weighted by Gasteiger charge is 2.29. The van der Waals surface area contributed by atoms with E-state index in [2.05, 4.69) is 34.5 Å². The fraction of sp³-hybridized carbons (Fsp3) is 0.500. The Balaban J connectivity index is 0.000000853. The molecule has 0 aliphatic carbocycles. The second kappa shape index (κ2) is 4.42. The van der Waals surface area contributed by atoms with Crippen molar-refractivity contribution in [3.63, 3.8) is 0 Å². The summed E-state index contributed by atoms with van der Waals surface area (Å²) in [5.41, 5.74) is 3.00. The Morgan fingerprint density at radius 1 is 1.27 bits per heavy atom. The maximum atomic E-state index is 3.51. The molecule has 1 unspecified atom stereocenters. The molecule has 2 nitrogen and oxygen atoms in total.